The fourth-order valence-corrected chi connectivity index (χ4v) is 4.73. The number of aromatic hydroxyl groups is 1. The molecule has 0 aromatic heterocycles. The average molecular weight is 310 g/mol. The largest absolute Gasteiger partial charge is 0.508 e. The second-order valence-corrected chi connectivity index (χ2v) is 6.48. The molecule has 1 atom stereocenters. The fourth-order valence-electron chi connectivity index (χ4n) is 4.73. The second-order valence-electron chi connectivity index (χ2n) is 6.48. The lowest BCUT2D eigenvalue weighted by atomic mass is 9.52. The predicted molar refractivity (Wildman–Crippen MR) is 98.9 cm³/mol. The van der Waals surface area contributed by atoms with E-state index in [9.17, 15) is 5.11 Å². The zero-order valence-electron chi connectivity index (χ0n) is 15.0. The van der Waals surface area contributed by atoms with Crippen molar-refractivity contribution in [2.24, 2.45) is 5.41 Å². The highest BCUT2D eigenvalue weighted by molar-refractivity contribution is 5.48. The van der Waals surface area contributed by atoms with Gasteiger partial charge in [-0.3, -0.25) is 0 Å². The van der Waals surface area contributed by atoms with Gasteiger partial charge in [-0.05, 0) is 42.7 Å². The Hall–Kier alpha value is -1.76. The molecular formula is C22H30O. The standard InChI is InChI=1S/C22H30O/c1-5-21(6-2,7-3)22(8-4,18-14-10-9-11-15-18)19-16-12-13-17-20(19)23/h9-17,23H,5-8H2,1-4H3. The van der Waals surface area contributed by atoms with Gasteiger partial charge in [-0.25, -0.2) is 0 Å². The second kappa shape index (κ2) is 7.21. The molecule has 0 fully saturated rings. The van der Waals surface area contributed by atoms with Gasteiger partial charge in [0.25, 0.3) is 0 Å². The summed E-state index contributed by atoms with van der Waals surface area (Å²) in [4.78, 5) is 0. The Morgan fingerprint density at radius 3 is 1.70 bits per heavy atom. The van der Waals surface area contributed by atoms with Crippen molar-refractivity contribution < 1.29 is 5.11 Å². The highest BCUT2D eigenvalue weighted by Gasteiger charge is 2.50. The van der Waals surface area contributed by atoms with E-state index >= 15 is 0 Å². The molecule has 0 amide bonds. The molecule has 0 saturated carbocycles. The van der Waals surface area contributed by atoms with Crippen LogP contribution in [-0.2, 0) is 5.41 Å². The van der Waals surface area contributed by atoms with Crippen LogP contribution in [0.15, 0.2) is 54.6 Å². The zero-order valence-corrected chi connectivity index (χ0v) is 15.0. The predicted octanol–water partition coefficient (Wildman–Crippen LogP) is 6.30. The molecule has 0 heterocycles. The van der Waals surface area contributed by atoms with E-state index in [-0.39, 0.29) is 10.8 Å². The van der Waals surface area contributed by atoms with Gasteiger partial charge in [0.15, 0.2) is 0 Å². The Kier molecular flexibility index (Phi) is 5.51. The Morgan fingerprint density at radius 1 is 0.696 bits per heavy atom. The highest BCUT2D eigenvalue weighted by Crippen LogP contribution is 2.57. The number of benzene rings is 2. The first-order valence-electron chi connectivity index (χ1n) is 8.95. The SMILES string of the molecule is CCC(CC)(CC)C(CC)(c1ccccc1)c1ccccc1O. The number of phenolic OH excluding ortho intramolecular Hbond substituents is 1. The van der Waals surface area contributed by atoms with Gasteiger partial charge < -0.3 is 5.11 Å². The molecule has 1 nitrogen and oxygen atoms in total. The molecule has 0 bridgehead atoms. The summed E-state index contributed by atoms with van der Waals surface area (Å²) in [6.07, 6.45) is 4.26. The van der Waals surface area contributed by atoms with E-state index in [1.54, 1.807) is 0 Å². The van der Waals surface area contributed by atoms with Crippen molar-refractivity contribution in [3.63, 3.8) is 0 Å². The summed E-state index contributed by atoms with van der Waals surface area (Å²) in [6.45, 7) is 9.14. The summed E-state index contributed by atoms with van der Waals surface area (Å²) in [5.41, 5.74) is 2.34. The Morgan fingerprint density at radius 2 is 1.22 bits per heavy atom. The molecule has 1 unspecified atom stereocenters. The Labute approximate surface area is 141 Å². The van der Waals surface area contributed by atoms with E-state index in [2.05, 4.69) is 64.1 Å². The van der Waals surface area contributed by atoms with Crippen molar-refractivity contribution in [2.75, 3.05) is 0 Å². The third-order valence-electron chi connectivity index (χ3n) is 6.10. The van der Waals surface area contributed by atoms with Gasteiger partial charge in [-0.15, -0.1) is 0 Å². The first-order chi connectivity index (χ1) is 11.1. The van der Waals surface area contributed by atoms with Crippen LogP contribution >= 0.6 is 0 Å². The maximum Gasteiger partial charge on any atom is 0.119 e. The van der Waals surface area contributed by atoms with Crippen molar-refractivity contribution in [3.8, 4) is 5.75 Å². The van der Waals surface area contributed by atoms with E-state index in [0.717, 1.165) is 31.2 Å². The molecule has 0 aliphatic rings. The minimum atomic E-state index is -0.169. The van der Waals surface area contributed by atoms with Gasteiger partial charge in [0.2, 0.25) is 0 Å². The van der Waals surface area contributed by atoms with Crippen molar-refractivity contribution >= 4 is 0 Å². The maximum atomic E-state index is 10.7. The molecule has 1 N–H and O–H groups in total. The molecule has 0 aliphatic heterocycles. The van der Waals surface area contributed by atoms with Crippen molar-refractivity contribution in [3.05, 3.63) is 65.7 Å². The van der Waals surface area contributed by atoms with Crippen LogP contribution in [0.3, 0.4) is 0 Å². The van der Waals surface area contributed by atoms with Crippen LogP contribution in [0.1, 0.15) is 64.5 Å². The van der Waals surface area contributed by atoms with Gasteiger partial charge in [0.05, 0.1) is 0 Å². The zero-order chi connectivity index (χ0) is 16.9. The van der Waals surface area contributed by atoms with E-state index < -0.39 is 0 Å². The maximum absolute atomic E-state index is 10.7. The average Bonchev–Trinajstić information content (AvgIpc) is 2.62. The lowest BCUT2D eigenvalue weighted by Gasteiger charge is -2.51. The summed E-state index contributed by atoms with van der Waals surface area (Å²) in [7, 11) is 0. The van der Waals surface area contributed by atoms with Crippen molar-refractivity contribution in [1.82, 2.24) is 0 Å². The summed E-state index contributed by atoms with van der Waals surface area (Å²) in [6, 6.07) is 18.7. The number of para-hydroxylation sites is 1. The van der Waals surface area contributed by atoms with E-state index in [4.69, 9.17) is 0 Å². The number of hydrogen-bond acceptors (Lipinski definition) is 1. The van der Waals surface area contributed by atoms with Crippen LogP contribution in [0, 0.1) is 5.41 Å². The molecular weight excluding hydrogens is 280 g/mol. The summed E-state index contributed by atoms with van der Waals surface area (Å²) in [5, 5.41) is 10.7. The van der Waals surface area contributed by atoms with Crippen LogP contribution in [0.4, 0.5) is 0 Å². The lowest BCUT2D eigenvalue weighted by molar-refractivity contribution is 0.118. The van der Waals surface area contributed by atoms with Crippen LogP contribution in [0.25, 0.3) is 0 Å². The lowest BCUT2D eigenvalue weighted by Crippen LogP contribution is -2.45. The van der Waals surface area contributed by atoms with Gasteiger partial charge in [0, 0.05) is 11.0 Å². The molecule has 124 valence electrons. The van der Waals surface area contributed by atoms with E-state index in [1.807, 2.05) is 18.2 Å². The molecule has 0 saturated heterocycles. The molecule has 2 aromatic carbocycles. The van der Waals surface area contributed by atoms with Gasteiger partial charge >= 0.3 is 0 Å². The minimum absolute atomic E-state index is 0.127. The Bertz CT molecular complexity index is 605. The molecule has 0 radical (unpaired) electrons. The van der Waals surface area contributed by atoms with E-state index in [1.165, 1.54) is 5.56 Å². The van der Waals surface area contributed by atoms with Gasteiger partial charge in [-0.2, -0.15) is 0 Å². The van der Waals surface area contributed by atoms with Crippen LogP contribution in [0.5, 0.6) is 5.75 Å². The van der Waals surface area contributed by atoms with Crippen LogP contribution in [-0.4, -0.2) is 5.11 Å². The summed E-state index contributed by atoms with van der Waals surface area (Å²) >= 11 is 0. The van der Waals surface area contributed by atoms with Crippen molar-refractivity contribution in [2.45, 2.75) is 58.8 Å². The van der Waals surface area contributed by atoms with Gasteiger partial charge in [-0.1, -0.05) is 76.2 Å². The Balaban J connectivity index is 2.86. The van der Waals surface area contributed by atoms with Crippen LogP contribution in [0.2, 0.25) is 0 Å². The molecule has 2 rings (SSSR count). The molecule has 23 heavy (non-hydrogen) atoms. The summed E-state index contributed by atoms with van der Waals surface area (Å²) < 4.78 is 0. The third-order valence-corrected chi connectivity index (χ3v) is 6.10. The van der Waals surface area contributed by atoms with E-state index in [0.29, 0.717) is 5.75 Å². The first-order valence-corrected chi connectivity index (χ1v) is 8.95. The van der Waals surface area contributed by atoms with Crippen molar-refractivity contribution in [1.29, 1.82) is 0 Å². The highest BCUT2D eigenvalue weighted by atomic mass is 16.3. The quantitative estimate of drug-likeness (QED) is 0.635. The third kappa shape index (κ3) is 2.67. The fraction of sp³-hybridized carbons (Fsp3) is 0.455. The molecule has 1 heteroatoms. The molecule has 0 aliphatic carbocycles. The topological polar surface area (TPSA) is 20.2 Å². The summed E-state index contributed by atoms with van der Waals surface area (Å²) in [5.74, 6) is 0.415. The monoisotopic (exact) mass is 310 g/mol. The minimum Gasteiger partial charge on any atom is -0.508 e. The number of phenols is 1. The van der Waals surface area contributed by atoms with Gasteiger partial charge in [0.1, 0.15) is 5.75 Å². The smallest absolute Gasteiger partial charge is 0.119 e. The molecule has 0 spiro atoms. The first kappa shape index (κ1) is 17.6. The number of rotatable bonds is 7. The van der Waals surface area contributed by atoms with Crippen LogP contribution < -0.4 is 0 Å². The molecule has 2 aromatic rings. The number of hydrogen-bond donors (Lipinski definition) is 1. The normalized spacial score (nSPS) is 14.4.